The molecule has 0 bridgehead atoms. The lowest BCUT2D eigenvalue weighted by molar-refractivity contribution is -0.127. The highest BCUT2D eigenvalue weighted by Crippen LogP contribution is 2.28. The van der Waals surface area contributed by atoms with Crippen LogP contribution >= 0.6 is 15.9 Å². The number of rotatable bonds is 3. The molecule has 0 fully saturated rings. The molecule has 1 amide bonds. The molecular weight excluding hydrogens is 332 g/mol. The zero-order valence-corrected chi connectivity index (χ0v) is 12.9. The maximum Gasteiger partial charge on any atom is 0.263 e. The molecule has 0 aromatic heterocycles. The first-order valence-electron chi connectivity index (χ1n) is 6.74. The molecule has 21 heavy (non-hydrogen) atoms. The standard InChI is InChI=1S/C16H15BrN2O2/c17-12-5-3-4-11(8-12)9-19-16(20)15-10-18-13-6-1-2-7-14(13)21-15/h1-8,15,18H,9-10H2,(H,19,20). The molecule has 0 saturated carbocycles. The number of anilines is 1. The third-order valence-corrected chi connectivity index (χ3v) is 3.78. The van der Waals surface area contributed by atoms with E-state index in [9.17, 15) is 4.79 Å². The van der Waals surface area contributed by atoms with Crippen LogP contribution < -0.4 is 15.4 Å². The molecule has 1 heterocycles. The van der Waals surface area contributed by atoms with E-state index in [0.717, 1.165) is 15.7 Å². The Bertz CT molecular complexity index is 660. The third-order valence-electron chi connectivity index (χ3n) is 3.28. The summed E-state index contributed by atoms with van der Waals surface area (Å²) in [5.41, 5.74) is 1.97. The first-order valence-corrected chi connectivity index (χ1v) is 7.53. The smallest absolute Gasteiger partial charge is 0.263 e. The molecule has 2 aromatic carbocycles. The monoisotopic (exact) mass is 346 g/mol. The highest BCUT2D eigenvalue weighted by atomic mass is 79.9. The number of benzene rings is 2. The van der Waals surface area contributed by atoms with Gasteiger partial charge in [-0.15, -0.1) is 0 Å². The van der Waals surface area contributed by atoms with E-state index >= 15 is 0 Å². The topological polar surface area (TPSA) is 50.4 Å². The molecule has 1 unspecified atom stereocenters. The molecular formula is C16H15BrN2O2. The van der Waals surface area contributed by atoms with Crippen LogP contribution in [-0.4, -0.2) is 18.6 Å². The molecule has 2 N–H and O–H groups in total. The van der Waals surface area contributed by atoms with E-state index in [4.69, 9.17) is 4.74 Å². The highest BCUT2D eigenvalue weighted by molar-refractivity contribution is 9.10. The normalized spacial score (nSPS) is 16.3. The highest BCUT2D eigenvalue weighted by Gasteiger charge is 2.25. The van der Waals surface area contributed by atoms with Gasteiger partial charge >= 0.3 is 0 Å². The molecule has 108 valence electrons. The lowest BCUT2D eigenvalue weighted by Crippen LogP contribution is -2.44. The van der Waals surface area contributed by atoms with Gasteiger partial charge in [0.05, 0.1) is 12.2 Å². The van der Waals surface area contributed by atoms with E-state index in [1.54, 1.807) is 0 Å². The van der Waals surface area contributed by atoms with Crippen LogP contribution in [0.2, 0.25) is 0 Å². The summed E-state index contributed by atoms with van der Waals surface area (Å²) < 4.78 is 6.72. The average Bonchev–Trinajstić information content (AvgIpc) is 2.52. The summed E-state index contributed by atoms with van der Waals surface area (Å²) in [7, 11) is 0. The number of hydrogen-bond acceptors (Lipinski definition) is 3. The van der Waals surface area contributed by atoms with E-state index in [1.807, 2.05) is 48.5 Å². The number of nitrogens with one attached hydrogen (secondary N) is 2. The Morgan fingerprint density at radius 3 is 3.00 bits per heavy atom. The van der Waals surface area contributed by atoms with Gasteiger partial charge in [0.1, 0.15) is 5.75 Å². The number of amides is 1. The lowest BCUT2D eigenvalue weighted by atomic mass is 10.2. The van der Waals surface area contributed by atoms with Crippen LogP contribution in [0.15, 0.2) is 53.0 Å². The zero-order valence-electron chi connectivity index (χ0n) is 11.3. The molecule has 0 spiro atoms. The first kappa shape index (κ1) is 13.9. The van der Waals surface area contributed by atoms with Gasteiger partial charge in [-0.1, -0.05) is 40.2 Å². The van der Waals surface area contributed by atoms with Crippen molar-refractivity contribution in [3.05, 3.63) is 58.6 Å². The van der Waals surface area contributed by atoms with Crippen LogP contribution in [0.5, 0.6) is 5.75 Å². The summed E-state index contributed by atoms with van der Waals surface area (Å²) in [6.07, 6.45) is -0.507. The Labute approximate surface area is 131 Å². The molecule has 0 saturated heterocycles. The number of halogens is 1. The van der Waals surface area contributed by atoms with E-state index in [1.165, 1.54) is 0 Å². The molecule has 1 atom stereocenters. The van der Waals surface area contributed by atoms with Gasteiger partial charge in [-0.25, -0.2) is 0 Å². The van der Waals surface area contributed by atoms with Gasteiger partial charge in [-0.05, 0) is 29.8 Å². The summed E-state index contributed by atoms with van der Waals surface area (Å²) >= 11 is 3.42. The minimum atomic E-state index is -0.507. The predicted molar refractivity (Wildman–Crippen MR) is 85.3 cm³/mol. The van der Waals surface area contributed by atoms with Crippen LogP contribution in [0.1, 0.15) is 5.56 Å². The second-order valence-electron chi connectivity index (χ2n) is 4.83. The van der Waals surface area contributed by atoms with Crippen molar-refractivity contribution in [2.75, 3.05) is 11.9 Å². The van der Waals surface area contributed by atoms with Crippen molar-refractivity contribution in [2.45, 2.75) is 12.6 Å². The quantitative estimate of drug-likeness (QED) is 0.898. The van der Waals surface area contributed by atoms with Crippen molar-refractivity contribution in [2.24, 2.45) is 0 Å². The van der Waals surface area contributed by atoms with E-state index in [0.29, 0.717) is 18.8 Å². The minimum Gasteiger partial charge on any atom is -0.477 e. The van der Waals surface area contributed by atoms with Crippen LogP contribution in [0.25, 0.3) is 0 Å². The van der Waals surface area contributed by atoms with E-state index in [-0.39, 0.29) is 5.91 Å². The van der Waals surface area contributed by atoms with Gasteiger partial charge in [0.2, 0.25) is 0 Å². The van der Waals surface area contributed by atoms with Crippen molar-refractivity contribution in [1.29, 1.82) is 0 Å². The SMILES string of the molecule is O=C(NCc1cccc(Br)c1)C1CNc2ccccc2O1. The molecule has 0 radical (unpaired) electrons. The molecule has 3 rings (SSSR count). The van der Waals surface area contributed by atoms with Crippen LogP contribution in [0.4, 0.5) is 5.69 Å². The third kappa shape index (κ3) is 3.36. The van der Waals surface area contributed by atoms with Crippen molar-refractivity contribution in [3.63, 3.8) is 0 Å². The molecule has 4 nitrogen and oxygen atoms in total. The second kappa shape index (κ2) is 6.18. The number of carbonyl (C=O) groups excluding carboxylic acids is 1. The fourth-order valence-corrected chi connectivity index (χ4v) is 2.66. The Hall–Kier alpha value is -2.01. The van der Waals surface area contributed by atoms with Crippen molar-refractivity contribution >= 4 is 27.5 Å². The number of ether oxygens (including phenoxy) is 1. The number of fused-ring (bicyclic) bond motifs is 1. The summed E-state index contributed by atoms with van der Waals surface area (Å²) in [5, 5.41) is 6.11. The van der Waals surface area contributed by atoms with Crippen LogP contribution in [-0.2, 0) is 11.3 Å². The van der Waals surface area contributed by atoms with E-state index < -0.39 is 6.10 Å². The van der Waals surface area contributed by atoms with Crippen molar-refractivity contribution in [1.82, 2.24) is 5.32 Å². The van der Waals surface area contributed by atoms with E-state index in [2.05, 4.69) is 26.6 Å². The molecule has 1 aliphatic rings. The fourth-order valence-electron chi connectivity index (χ4n) is 2.21. The van der Waals surface area contributed by atoms with Crippen molar-refractivity contribution in [3.8, 4) is 5.75 Å². The molecule has 2 aromatic rings. The lowest BCUT2D eigenvalue weighted by Gasteiger charge is -2.26. The average molecular weight is 347 g/mol. The van der Waals surface area contributed by atoms with Gasteiger partial charge < -0.3 is 15.4 Å². The second-order valence-corrected chi connectivity index (χ2v) is 5.75. The largest absolute Gasteiger partial charge is 0.477 e. The van der Waals surface area contributed by atoms with Gasteiger partial charge in [-0.3, -0.25) is 4.79 Å². The van der Waals surface area contributed by atoms with Crippen LogP contribution in [0, 0.1) is 0 Å². The molecule has 1 aliphatic heterocycles. The maximum atomic E-state index is 12.2. The van der Waals surface area contributed by atoms with Gasteiger partial charge in [0.25, 0.3) is 5.91 Å². The summed E-state index contributed by atoms with van der Waals surface area (Å²) in [6.45, 7) is 0.959. The Morgan fingerprint density at radius 1 is 1.29 bits per heavy atom. The van der Waals surface area contributed by atoms with Crippen molar-refractivity contribution < 1.29 is 9.53 Å². The van der Waals surface area contributed by atoms with Gasteiger partial charge in [0, 0.05) is 11.0 Å². The Balaban J connectivity index is 1.59. The zero-order chi connectivity index (χ0) is 14.7. The summed E-state index contributed by atoms with van der Waals surface area (Å²) in [4.78, 5) is 12.2. The predicted octanol–water partition coefficient (Wildman–Crippen LogP) is 2.94. The molecule has 0 aliphatic carbocycles. The Kier molecular flexibility index (Phi) is 4.10. The fraction of sp³-hybridized carbons (Fsp3) is 0.188. The molecule has 5 heteroatoms. The number of para-hydroxylation sites is 2. The van der Waals surface area contributed by atoms with Gasteiger partial charge in [0.15, 0.2) is 6.10 Å². The minimum absolute atomic E-state index is 0.114. The Morgan fingerprint density at radius 2 is 2.14 bits per heavy atom. The van der Waals surface area contributed by atoms with Crippen LogP contribution in [0.3, 0.4) is 0 Å². The maximum absolute atomic E-state index is 12.2. The number of carbonyl (C=O) groups is 1. The first-order chi connectivity index (χ1) is 10.2. The summed E-state index contributed by atoms with van der Waals surface area (Å²) in [6, 6.07) is 15.5. The summed E-state index contributed by atoms with van der Waals surface area (Å²) in [5.74, 6) is 0.600. The number of hydrogen-bond donors (Lipinski definition) is 2. The van der Waals surface area contributed by atoms with Gasteiger partial charge in [-0.2, -0.15) is 0 Å².